The molecule has 0 spiro atoms. The summed E-state index contributed by atoms with van der Waals surface area (Å²) in [6.07, 6.45) is -0.498. The fourth-order valence-corrected chi connectivity index (χ4v) is 3.03. The third-order valence-electron chi connectivity index (χ3n) is 4.25. The van der Waals surface area contributed by atoms with Gasteiger partial charge in [-0.3, -0.25) is 5.32 Å². The van der Waals surface area contributed by atoms with E-state index in [2.05, 4.69) is 41.7 Å². The lowest BCUT2D eigenvalue weighted by atomic mass is 9.95. The lowest BCUT2D eigenvalue weighted by Crippen LogP contribution is -2.34. The zero-order valence-electron chi connectivity index (χ0n) is 13.8. The minimum atomic E-state index is -0.498. The van der Waals surface area contributed by atoms with Crippen molar-refractivity contribution in [1.82, 2.24) is 5.32 Å². The van der Waals surface area contributed by atoms with E-state index >= 15 is 0 Å². The number of aliphatic hydroxyl groups excluding tert-OH is 1. The molecule has 3 aromatic carbocycles. The quantitative estimate of drug-likeness (QED) is 0.702. The molecule has 0 bridgehead atoms. The molecule has 24 heavy (non-hydrogen) atoms. The minimum Gasteiger partial charge on any atom is -0.391 e. The molecule has 2 nitrogen and oxygen atoms in total. The molecule has 122 valence electrons. The van der Waals surface area contributed by atoms with Crippen LogP contribution in [-0.2, 0) is 0 Å². The maximum atomic E-state index is 10.3. The van der Waals surface area contributed by atoms with Crippen molar-refractivity contribution in [2.75, 3.05) is 0 Å². The molecule has 0 heterocycles. The molecule has 2 N–H and O–H groups in total. The number of rotatable bonds is 6. The van der Waals surface area contributed by atoms with Gasteiger partial charge in [0.1, 0.15) is 0 Å². The van der Waals surface area contributed by atoms with E-state index in [1.54, 1.807) is 0 Å². The molecule has 2 heteroatoms. The third kappa shape index (κ3) is 3.91. The van der Waals surface area contributed by atoms with Crippen molar-refractivity contribution in [2.24, 2.45) is 0 Å². The summed E-state index contributed by atoms with van der Waals surface area (Å²) in [5, 5.41) is 14.0. The minimum absolute atomic E-state index is 0.0206. The highest BCUT2D eigenvalue weighted by molar-refractivity contribution is 5.33. The first-order valence-corrected chi connectivity index (χ1v) is 8.34. The van der Waals surface area contributed by atoms with Crippen LogP contribution in [-0.4, -0.2) is 11.2 Å². The number of hydrogen-bond acceptors (Lipinski definition) is 2. The van der Waals surface area contributed by atoms with E-state index in [-0.39, 0.29) is 12.1 Å². The molecule has 0 saturated heterocycles. The monoisotopic (exact) mass is 317 g/mol. The zero-order valence-corrected chi connectivity index (χ0v) is 13.8. The number of hydrogen-bond donors (Lipinski definition) is 2. The van der Waals surface area contributed by atoms with Crippen molar-refractivity contribution >= 4 is 0 Å². The van der Waals surface area contributed by atoms with E-state index in [9.17, 15) is 5.11 Å². The molecule has 0 aromatic heterocycles. The van der Waals surface area contributed by atoms with E-state index in [1.165, 1.54) is 11.1 Å². The van der Waals surface area contributed by atoms with Crippen molar-refractivity contribution in [2.45, 2.75) is 25.1 Å². The van der Waals surface area contributed by atoms with E-state index in [0.717, 1.165) is 5.56 Å². The van der Waals surface area contributed by atoms with Gasteiger partial charge in [0.25, 0.3) is 0 Å². The van der Waals surface area contributed by atoms with E-state index in [0.29, 0.717) is 0 Å². The van der Waals surface area contributed by atoms with Gasteiger partial charge in [0.2, 0.25) is 0 Å². The summed E-state index contributed by atoms with van der Waals surface area (Å²) in [5.41, 5.74) is 3.46. The van der Waals surface area contributed by atoms with Crippen LogP contribution in [0.5, 0.6) is 0 Å². The number of nitrogens with one attached hydrogen (secondary N) is 1. The van der Waals surface area contributed by atoms with Crippen LogP contribution in [0, 0.1) is 0 Å². The maximum absolute atomic E-state index is 10.3. The summed E-state index contributed by atoms with van der Waals surface area (Å²) in [6, 6.07) is 30.7. The zero-order chi connectivity index (χ0) is 16.8. The molecule has 2 atom stereocenters. The Labute approximate surface area is 143 Å². The van der Waals surface area contributed by atoms with Crippen LogP contribution < -0.4 is 5.32 Å². The largest absolute Gasteiger partial charge is 0.391 e. The van der Waals surface area contributed by atoms with Crippen molar-refractivity contribution in [1.29, 1.82) is 0 Å². The van der Waals surface area contributed by atoms with Gasteiger partial charge in [-0.25, -0.2) is 0 Å². The van der Waals surface area contributed by atoms with Gasteiger partial charge in [0, 0.05) is 0 Å². The van der Waals surface area contributed by atoms with Gasteiger partial charge in [0.15, 0.2) is 0 Å². The molecule has 0 amide bonds. The summed E-state index contributed by atoms with van der Waals surface area (Å²) in [6.45, 7) is 1.83. The van der Waals surface area contributed by atoms with Crippen LogP contribution in [0.25, 0.3) is 0 Å². The third-order valence-corrected chi connectivity index (χ3v) is 4.25. The number of aliphatic hydroxyl groups is 1. The van der Waals surface area contributed by atoms with Crippen LogP contribution in [0.4, 0.5) is 0 Å². The van der Waals surface area contributed by atoms with Crippen LogP contribution >= 0.6 is 0 Å². The maximum Gasteiger partial charge on any atom is 0.0707 e. The van der Waals surface area contributed by atoms with Crippen LogP contribution in [0.15, 0.2) is 91.0 Å². The Morgan fingerprint density at radius 1 is 0.625 bits per heavy atom. The first-order valence-electron chi connectivity index (χ1n) is 8.34. The lowest BCUT2D eigenvalue weighted by molar-refractivity contribution is 0.141. The Kier molecular flexibility index (Phi) is 5.42. The Morgan fingerprint density at radius 2 is 1.00 bits per heavy atom. The van der Waals surface area contributed by atoms with Gasteiger partial charge < -0.3 is 5.11 Å². The molecular weight excluding hydrogens is 294 g/mol. The molecular formula is C22H23NO. The van der Waals surface area contributed by atoms with Crippen LogP contribution in [0.3, 0.4) is 0 Å². The smallest absolute Gasteiger partial charge is 0.0707 e. The highest BCUT2D eigenvalue weighted by atomic mass is 16.3. The summed E-state index contributed by atoms with van der Waals surface area (Å²) in [5.74, 6) is 0. The average Bonchev–Trinajstić information content (AvgIpc) is 2.64. The first kappa shape index (κ1) is 16.4. The Bertz CT molecular complexity index is 686. The van der Waals surface area contributed by atoms with E-state index in [1.807, 2.05) is 61.5 Å². The highest BCUT2D eigenvalue weighted by Crippen LogP contribution is 2.27. The summed E-state index contributed by atoms with van der Waals surface area (Å²) in [4.78, 5) is 0. The standard InChI is InChI=1S/C22H23NO/c1-17(24)21(18-11-5-2-6-12-18)23-22(19-13-7-3-8-14-19)20-15-9-4-10-16-20/h2-17,21-24H,1H3/t17-,21-/m0/s1. The fourth-order valence-electron chi connectivity index (χ4n) is 3.03. The summed E-state index contributed by atoms with van der Waals surface area (Å²) in [7, 11) is 0. The van der Waals surface area contributed by atoms with Crippen molar-refractivity contribution in [3.8, 4) is 0 Å². The van der Waals surface area contributed by atoms with Crippen molar-refractivity contribution in [3.05, 3.63) is 108 Å². The van der Waals surface area contributed by atoms with Gasteiger partial charge >= 0.3 is 0 Å². The van der Waals surface area contributed by atoms with Gasteiger partial charge in [-0.2, -0.15) is 0 Å². The molecule has 0 fully saturated rings. The molecule has 3 rings (SSSR count). The molecule has 0 saturated carbocycles. The Morgan fingerprint density at radius 3 is 1.38 bits per heavy atom. The van der Waals surface area contributed by atoms with Crippen molar-refractivity contribution in [3.63, 3.8) is 0 Å². The van der Waals surface area contributed by atoms with Gasteiger partial charge in [0.05, 0.1) is 18.2 Å². The molecule has 0 unspecified atom stereocenters. The predicted molar refractivity (Wildman–Crippen MR) is 98.7 cm³/mol. The SMILES string of the molecule is C[C@H](O)[C@H](NC(c1ccccc1)c1ccccc1)c1ccccc1. The Balaban J connectivity index is 1.96. The second-order valence-corrected chi connectivity index (χ2v) is 6.05. The van der Waals surface area contributed by atoms with E-state index < -0.39 is 6.10 Å². The highest BCUT2D eigenvalue weighted by Gasteiger charge is 2.23. The van der Waals surface area contributed by atoms with Gasteiger partial charge in [-0.05, 0) is 23.6 Å². The van der Waals surface area contributed by atoms with Crippen LogP contribution in [0.2, 0.25) is 0 Å². The van der Waals surface area contributed by atoms with E-state index in [4.69, 9.17) is 0 Å². The van der Waals surface area contributed by atoms with Gasteiger partial charge in [-0.1, -0.05) is 91.0 Å². The second kappa shape index (κ2) is 7.91. The predicted octanol–water partition coefficient (Wildman–Crippen LogP) is 4.49. The molecule has 0 aliphatic carbocycles. The summed E-state index contributed by atoms with van der Waals surface area (Å²) < 4.78 is 0. The van der Waals surface area contributed by atoms with Crippen LogP contribution in [0.1, 0.15) is 35.7 Å². The first-order chi connectivity index (χ1) is 11.8. The second-order valence-electron chi connectivity index (χ2n) is 6.05. The average molecular weight is 317 g/mol. The molecule has 0 aliphatic rings. The van der Waals surface area contributed by atoms with Gasteiger partial charge in [-0.15, -0.1) is 0 Å². The molecule has 3 aromatic rings. The van der Waals surface area contributed by atoms with Crippen molar-refractivity contribution < 1.29 is 5.11 Å². The molecule has 0 aliphatic heterocycles. The summed E-state index contributed by atoms with van der Waals surface area (Å²) >= 11 is 0. The molecule has 0 radical (unpaired) electrons. The fraction of sp³-hybridized carbons (Fsp3) is 0.182. The lowest BCUT2D eigenvalue weighted by Gasteiger charge is -2.29. The number of benzene rings is 3. The Hall–Kier alpha value is -2.42. The topological polar surface area (TPSA) is 32.3 Å². The normalized spacial score (nSPS) is 13.6.